The first kappa shape index (κ1) is 21.7. The number of nitro groups is 1. The minimum atomic E-state index is -0.508. The van der Waals surface area contributed by atoms with Gasteiger partial charge in [0, 0.05) is 24.7 Å². The van der Waals surface area contributed by atoms with E-state index in [0.29, 0.717) is 6.54 Å². The number of rotatable bonds is 8. The molecule has 4 aromatic rings. The quantitative estimate of drug-likeness (QED) is 0.295. The van der Waals surface area contributed by atoms with Crippen molar-refractivity contribution in [3.8, 4) is 11.6 Å². The van der Waals surface area contributed by atoms with Crippen LogP contribution in [0.15, 0.2) is 103 Å². The van der Waals surface area contributed by atoms with Crippen molar-refractivity contribution in [1.82, 2.24) is 10.3 Å². The highest BCUT2D eigenvalue weighted by Crippen LogP contribution is 2.27. The molecular weight excluding hydrogens is 418 g/mol. The molecule has 0 spiro atoms. The number of ether oxygens (including phenoxy) is 1. The molecule has 0 radical (unpaired) electrons. The number of amides is 1. The number of aromatic nitrogens is 1. The molecule has 7 nitrogen and oxygen atoms in total. The number of nitrogens with zero attached hydrogens (tertiary/aromatic N) is 2. The minimum absolute atomic E-state index is 0.0332. The third-order valence-electron chi connectivity index (χ3n) is 5.13. The number of hydrogen-bond donors (Lipinski definition) is 1. The monoisotopic (exact) mass is 439 g/mol. The predicted octanol–water partition coefficient (Wildman–Crippen LogP) is 5.34. The molecule has 0 aliphatic rings. The Kier molecular flexibility index (Phi) is 6.70. The second-order valence-corrected chi connectivity index (χ2v) is 7.30. The second-order valence-electron chi connectivity index (χ2n) is 7.30. The van der Waals surface area contributed by atoms with Gasteiger partial charge < -0.3 is 10.1 Å². The summed E-state index contributed by atoms with van der Waals surface area (Å²) < 4.78 is 5.72. The summed E-state index contributed by atoms with van der Waals surface area (Å²) >= 11 is 0. The molecule has 33 heavy (non-hydrogen) atoms. The Morgan fingerprint density at radius 1 is 0.909 bits per heavy atom. The van der Waals surface area contributed by atoms with Gasteiger partial charge in [0.1, 0.15) is 11.3 Å². The van der Waals surface area contributed by atoms with Gasteiger partial charge in [0.15, 0.2) is 0 Å². The van der Waals surface area contributed by atoms with Gasteiger partial charge in [-0.25, -0.2) is 4.98 Å². The maximum atomic E-state index is 13.1. The number of benzene rings is 3. The van der Waals surface area contributed by atoms with Crippen LogP contribution in [-0.2, 0) is 0 Å². The van der Waals surface area contributed by atoms with Crippen LogP contribution in [0, 0.1) is 10.1 Å². The van der Waals surface area contributed by atoms with Gasteiger partial charge in [0.05, 0.1) is 11.0 Å². The van der Waals surface area contributed by atoms with Crippen molar-refractivity contribution >= 4 is 11.6 Å². The number of pyridine rings is 1. The molecule has 0 aliphatic carbocycles. The summed E-state index contributed by atoms with van der Waals surface area (Å²) in [5, 5.41) is 14.0. The summed E-state index contributed by atoms with van der Waals surface area (Å²) in [7, 11) is 0. The fourth-order valence-corrected chi connectivity index (χ4v) is 3.51. The molecule has 1 aromatic heterocycles. The molecule has 1 heterocycles. The zero-order chi connectivity index (χ0) is 23.0. The third-order valence-corrected chi connectivity index (χ3v) is 5.13. The van der Waals surface area contributed by atoms with Crippen molar-refractivity contribution in [2.75, 3.05) is 6.54 Å². The van der Waals surface area contributed by atoms with E-state index in [2.05, 4.69) is 10.3 Å². The summed E-state index contributed by atoms with van der Waals surface area (Å²) in [4.78, 5) is 27.7. The van der Waals surface area contributed by atoms with Gasteiger partial charge >= 0.3 is 0 Å². The molecule has 0 fully saturated rings. The standard InChI is InChI=1S/C26H21N3O4/c30-25(28-18-24(19-9-3-1-4-10-19)20-11-5-2-6-12-20)23-15-8-16-27-26(23)33-22-14-7-13-21(17-22)29(31)32/h1-17,24H,18H2,(H,28,30). The highest BCUT2D eigenvalue weighted by molar-refractivity contribution is 5.96. The van der Waals surface area contributed by atoms with Gasteiger partial charge in [-0.3, -0.25) is 14.9 Å². The number of non-ortho nitro benzene ring substituents is 1. The van der Waals surface area contributed by atoms with E-state index in [1.54, 1.807) is 18.2 Å². The number of carbonyl (C=O) groups excluding carboxylic acids is 1. The molecule has 3 aromatic carbocycles. The summed E-state index contributed by atoms with van der Waals surface area (Å²) in [6.07, 6.45) is 1.50. The fraction of sp³-hybridized carbons (Fsp3) is 0.0769. The predicted molar refractivity (Wildman–Crippen MR) is 124 cm³/mol. The normalized spacial score (nSPS) is 10.6. The van der Waals surface area contributed by atoms with Crippen LogP contribution in [0.4, 0.5) is 5.69 Å². The van der Waals surface area contributed by atoms with Gasteiger partial charge in [0.2, 0.25) is 5.88 Å². The summed E-state index contributed by atoms with van der Waals surface area (Å²) in [5.41, 5.74) is 2.30. The highest BCUT2D eigenvalue weighted by atomic mass is 16.6. The first-order valence-electron chi connectivity index (χ1n) is 10.4. The van der Waals surface area contributed by atoms with Gasteiger partial charge in [-0.2, -0.15) is 0 Å². The van der Waals surface area contributed by atoms with Crippen LogP contribution in [-0.4, -0.2) is 22.4 Å². The van der Waals surface area contributed by atoms with Crippen LogP contribution in [0.25, 0.3) is 0 Å². The van der Waals surface area contributed by atoms with Crippen molar-refractivity contribution in [3.63, 3.8) is 0 Å². The Balaban J connectivity index is 1.54. The van der Waals surface area contributed by atoms with Gasteiger partial charge in [0.25, 0.3) is 11.6 Å². The average molecular weight is 439 g/mol. The highest BCUT2D eigenvalue weighted by Gasteiger charge is 2.19. The van der Waals surface area contributed by atoms with Crippen LogP contribution < -0.4 is 10.1 Å². The molecule has 7 heteroatoms. The number of nitrogens with one attached hydrogen (secondary N) is 1. The molecule has 0 saturated heterocycles. The van der Waals surface area contributed by atoms with E-state index in [1.807, 2.05) is 60.7 Å². The van der Waals surface area contributed by atoms with Crippen molar-refractivity contribution in [2.45, 2.75) is 5.92 Å². The Labute approximate surface area is 190 Å². The zero-order valence-corrected chi connectivity index (χ0v) is 17.6. The Hall–Kier alpha value is -4.52. The fourth-order valence-electron chi connectivity index (χ4n) is 3.51. The lowest BCUT2D eigenvalue weighted by atomic mass is 9.91. The molecule has 0 unspecified atom stereocenters. The lowest BCUT2D eigenvalue weighted by molar-refractivity contribution is -0.384. The minimum Gasteiger partial charge on any atom is -0.438 e. The maximum absolute atomic E-state index is 13.1. The Morgan fingerprint density at radius 2 is 1.58 bits per heavy atom. The lowest BCUT2D eigenvalue weighted by Gasteiger charge is -2.19. The van der Waals surface area contributed by atoms with E-state index in [0.717, 1.165) is 11.1 Å². The SMILES string of the molecule is O=C(NCC(c1ccccc1)c1ccccc1)c1cccnc1Oc1cccc([N+](=O)[O-])c1. The van der Waals surface area contributed by atoms with E-state index in [1.165, 1.54) is 24.4 Å². The van der Waals surface area contributed by atoms with Crippen molar-refractivity contribution in [2.24, 2.45) is 0 Å². The summed E-state index contributed by atoms with van der Waals surface area (Å²) in [6, 6.07) is 28.9. The molecule has 0 atom stereocenters. The molecule has 164 valence electrons. The second kappa shape index (κ2) is 10.2. The number of nitro benzene ring substituents is 1. The molecule has 0 aliphatic heterocycles. The lowest BCUT2D eigenvalue weighted by Crippen LogP contribution is -2.29. The summed E-state index contributed by atoms with van der Waals surface area (Å²) in [5.74, 6) is -0.0792. The largest absolute Gasteiger partial charge is 0.438 e. The van der Waals surface area contributed by atoms with Crippen molar-refractivity contribution in [3.05, 3.63) is 130 Å². The molecular formula is C26H21N3O4. The van der Waals surface area contributed by atoms with Crippen LogP contribution in [0.5, 0.6) is 11.6 Å². The van der Waals surface area contributed by atoms with Crippen LogP contribution in [0.3, 0.4) is 0 Å². The van der Waals surface area contributed by atoms with Crippen molar-refractivity contribution < 1.29 is 14.5 Å². The Morgan fingerprint density at radius 3 is 2.21 bits per heavy atom. The van der Waals surface area contributed by atoms with Crippen molar-refractivity contribution in [1.29, 1.82) is 0 Å². The van der Waals surface area contributed by atoms with E-state index >= 15 is 0 Å². The van der Waals surface area contributed by atoms with Crippen LogP contribution in [0.2, 0.25) is 0 Å². The Bertz CT molecular complexity index is 1210. The smallest absolute Gasteiger partial charge is 0.273 e. The van der Waals surface area contributed by atoms with E-state index < -0.39 is 4.92 Å². The van der Waals surface area contributed by atoms with E-state index in [4.69, 9.17) is 4.74 Å². The molecule has 4 rings (SSSR count). The molecule has 1 amide bonds. The molecule has 0 saturated carbocycles. The van der Waals surface area contributed by atoms with Gasteiger partial charge in [-0.05, 0) is 29.3 Å². The maximum Gasteiger partial charge on any atom is 0.273 e. The average Bonchev–Trinajstić information content (AvgIpc) is 2.86. The van der Waals surface area contributed by atoms with E-state index in [9.17, 15) is 14.9 Å². The number of carbonyl (C=O) groups is 1. The van der Waals surface area contributed by atoms with E-state index in [-0.39, 0.29) is 34.7 Å². The summed E-state index contributed by atoms with van der Waals surface area (Å²) in [6.45, 7) is 0.373. The van der Waals surface area contributed by atoms with Gasteiger partial charge in [-0.15, -0.1) is 0 Å². The first-order chi connectivity index (χ1) is 16.1. The number of hydrogen-bond acceptors (Lipinski definition) is 5. The van der Waals surface area contributed by atoms with Crippen LogP contribution >= 0.6 is 0 Å². The molecule has 1 N–H and O–H groups in total. The van der Waals surface area contributed by atoms with Gasteiger partial charge in [-0.1, -0.05) is 66.7 Å². The first-order valence-corrected chi connectivity index (χ1v) is 10.4. The zero-order valence-electron chi connectivity index (χ0n) is 17.6. The topological polar surface area (TPSA) is 94.4 Å². The molecule has 0 bridgehead atoms. The third kappa shape index (κ3) is 5.40. The van der Waals surface area contributed by atoms with Crippen LogP contribution in [0.1, 0.15) is 27.4 Å².